The van der Waals surface area contributed by atoms with Gasteiger partial charge >= 0.3 is 0 Å². The van der Waals surface area contributed by atoms with Gasteiger partial charge in [-0.2, -0.15) is 0 Å². The zero-order valence-electron chi connectivity index (χ0n) is 5.14. The minimum atomic E-state index is 1.15. The van der Waals surface area contributed by atoms with Crippen molar-refractivity contribution >= 4 is 0 Å². The third kappa shape index (κ3) is 0.218. The van der Waals surface area contributed by atoms with E-state index in [9.17, 15) is 0 Å². The Kier molecular flexibility index (Phi) is 0.418. The van der Waals surface area contributed by atoms with Crippen LogP contribution >= 0.6 is 0 Å². The van der Waals surface area contributed by atoms with Gasteiger partial charge < -0.3 is 4.48 Å². The van der Waals surface area contributed by atoms with Crippen LogP contribution in [0.15, 0.2) is 0 Å². The SMILES string of the molecule is C1CC2C[N+]23CCC13. The molecule has 0 aromatic carbocycles. The quantitative estimate of drug-likeness (QED) is 0.319. The van der Waals surface area contributed by atoms with E-state index in [0.29, 0.717) is 0 Å². The maximum Gasteiger partial charge on any atom is 0.139 e. The second kappa shape index (κ2) is 0.860. The third-order valence-corrected chi connectivity index (χ3v) is 3.58. The van der Waals surface area contributed by atoms with E-state index < -0.39 is 0 Å². The Morgan fingerprint density at radius 3 is 2.12 bits per heavy atom. The molecule has 0 amide bonds. The van der Waals surface area contributed by atoms with Gasteiger partial charge in [0.15, 0.2) is 0 Å². The molecule has 0 bridgehead atoms. The highest BCUT2D eigenvalue weighted by molar-refractivity contribution is 4.93. The molecule has 0 aromatic heterocycles. The minimum absolute atomic E-state index is 1.15. The number of nitrogens with zero attached hydrogens (tertiary/aromatic N) is 1. The Bertz CT molecular complexity index is 137. The molecule has 1 nitrogen and oxygen atoms in total. The van der Waals surface area contributed by atoms with Gasteiger partial charge in [-0.15, -0.1) is 0 Å². The van der Waals surface area contributed by atoms with Crippen molar-refractivity contribution in [1.82, 2.24) is 0 Å². The molecule has 3 aliphatic rings. The number of hydrogen-bond donors (Lipinski definition) is 0. The molecular weight excluding hydrogens is 98.1 g/mol. The molecule has 1 heteroatoms. The summed E-state index contributed by atoms with van der Waals surface area (Å²) in [4.78, 5) is 0. The zero-order valence-corrected chi connectivity index (χ0v) is 5.14. The minimum Gasteiger partial charge on any atom is -0.309 e. The van der Waals surface area contributed by atoms with Gasteiger partial charge in [-0.25, -0.2) is 0 Å². The first-order valence-corrected chi connectivity index (χ1v) is 3.78. The molecule has 3 atom stereocenters. The first-order valence-electron chi connectivity index (χ1n) is 3.78. The van der Waals surface area contributed by atoms with Crippen molar-refractivity contribution < 1.29 is 4.48 Å². The molecule has 0 aliphatic carbocycles. The summed E-state index contributed by atoms with van der Waals surface area (Å²) in [6, 6.07) is 2.31. The zero-order chi connectivity index (χ0) is 5.19. The van der Waals surface area contributed by atoms with Crippen molar-refractivity contribution in [2.45, 2.75) is 31.3 Å². The standard InChI is InChI=1S/C7H12N/c1-2-7-5-8(7)4-3-6(1)8/h6-7H,1-5H2/q+1. The number of hydrogen-bond acceptors (Lipinski definition) is 0. The molecule has 3 saturated heterocycles. The topological polar surface area (TPSA) is 0 Å². The molecule has 44 valence electrons. The second-order valence-electron chi connectivity index (χ2n) is 3.68. The number of piperidine rings is 1. The van der Waals surface area contributed by atoms with Crippen molar-refractivity contribution in [3.05, 3.63) is 0 Å². The van der Waals surface area contributed by atoms with Crippen molar-refractivity contribution in [3.63, 3.8) is 0 Å². The fraction of sp³-hybridized carbons (Fsp3) is 1.00. The van der Waals surface area contributed by atoms with E-state index in [1.54, 1.807) is 30.3 Å². The van der Waals surface area contributed by atoms with Crippen LogP contribution in [0.3, 0.4) is 0 Å². The fourth-order valence-corrected chi connectivity index (χ4v) is 2.84. The lowest BCUT2D eigenvalue weighted by molar-refractivity contribution is -0.874. The van der Waals surface area contributed by atoms with E-state index in [1.165, 1.54) is 6.54 Å². The summed E-state index contributed by atoms with van der Waals surface area (Å²) in [5, 5.41) is 0. The highest BCUT2D eigenvalue weighted by Gasteiger charge is 2.68. The van der Waals surface area contributed by atoms with Gasteiger partial charge in [-0.1, -0.05) is 0 Å². The van der Waals surface area contributed by atoms with Crippen LogP contribution < -0.4 is 0 Å². The average Bonchev–Trinajstić information content (AvgIpc) is 2.36. The van der Waals surface area contributed by atoms with Crippen LogP contribution in [0.5, 0.6) is 0 Å². The Morgan fingerprint density at radius 2 is 1.88 bits per heavy atom. The first-order chi connectivity index (χ1) is 3.92. The molecule has 3 aliphatic heterocycles. The maximum absolute atomic E-state index is 1.58. The van der Waals surface area contributed by atoms with Gasteiger partial charge in [0.25, 0.3) is 0 Å². The van der Waals surface area contributed by atoms with Gasteiger partial charge in [0, 0.05) is 19.3 Å². The summed E-state index contributed by atoms with van der Waals surface area (Å²) in [6.45, 7) is 3.10. The van der Waals surface area contributed by atoms with Gasteiger partial charge in [-0.05, 0) is 0 Å². The van der Waals surface area contributed by atoms with E-state index in [2.05, 4.69) is 0 Å². The maximum atomic E-state index is 1.58. The molecule has 1 spiro atoms. The molecule has 0 aromatic rings. The lowest BCUT2D eigenvalue weighted by Crippen LogP contribution is -2.48. The van der Waals surface area contributed by atoms with E-state index in [1.807, 2.05) is 0 Å². The Balaban J connectivity index is 2.02. The molecule has 3 heterocycles. The average molecular weight is 110 g/mol. The van der Waals surface area contributed by atoms with Crippen LogP contribution in [-0.2, 0) is 0 Å². The summed E-state index contributed by atoms with van der Waals surface area (Å²) in [6.07, 6.45) is 4.67. The molecule has 0 saturated carbocycles. The van der Waals surface area contributed by atoms with Crippen molar-refractivity contribution in [2.75, 3.05) is 13.1 Å². The normalized spacial score (nSPS) is 66.0. The van der Waals surface area contributed by atoms with Gasteiger partial charge in [0.1, 0.15) is 12.6 Å². The molecule has 3 fully saturated rings. The van der Waals surface area contributed by atoms with E-state index in [4.69, 9.17) is 0 Å². The third-order valence-electron chi connectivity index (χ3n) is 3.58. The molecule has 0 radical (unpaired) electrons. The Labute approximate surface area is 49.9 Å². The van der Waals surface area contributed by atoms with Gasteiger partial charge in [0.2, 0.25) is 0 Å². The van der Waals surface area contributed by atoms with Crippen LogP contribution in [0.25, 0.3) is 0 Å². The molecule has 0 N–H and O–H groups in total. The lowest BCUT2D eigenvalue weighted by Gasteiger charge is -2.34. The second-order valence-corrected chi connectivity index (χ2v) is 3.68. The lowest BCUT2D eigenvalue weighted by atomic mass is 10.0. The van der Waals surface area contributed by atoms with Crippen LogP contribution in [0.1, 0.15) is 19.3 Å². The van der Waals surface area contributed by atoms with Crippen LogP contribution in [0.4, 0.5) is 0 Å². The van der Waals surface area contributed by atoms with Crippen LogP contribution in [-0.4, -0.2) is 29.7 Å². The predicted molar refractivity (Wildman–Crippen MR) is 31.4 cm³/mol. The monoisotopic (exact) mass is 110 g/mol. The Hall–Kier alpha value is -0.0400. The summed E-state index contributed by atoms with van der Waals surface area (Å²) in [5.41, 5.74) is 0. The smallest absolute Gasteiger partial charge is 0.139 e. The molecule has 3 rings (SSSR count). The number of rotatable bonds is 0. The van der Waals surface area contributed by atoms with Crippen molar-refractivity contribution in [2.24, 2.45) is 0 Å². The predicted octanol–water partition coefficient (Wildman–Crippen LogP) is 0.752. The van der Waals surface area contributed by atoms with Crippen molar-refractivity contribution in [1.29, 1.82) is 0 Å². The first kappa shape index (κ1) is 3.89. The van der Waals surface area contributed by atoms with Crippen LogP contribution in [0, 0.1) is 0 Å². The Morgan fingerprint density at radius 1 is 1.00 bits per heavy atom. The number of quaternary nitrogens is 1. The largest absolute Gasteiger partial charge is 0.309 e. The molecule has 3 unspecified atom stereocenters. The van der Waals surface area contributed by atoms with E-state index in [-0.39, 0.29) is 0 Å². The van der Waals surface area contributed by atoms with Crippen LogP contribution in [0.2, 0.25) is 0 Å². The molecule has 8 heavy (non-hydrogen) atoms. The van der Waals surface area contributed by atoms with Gasteiger partial charge in [0.05, 0.1) is 12.6 Å². The highest BCUT2D eigenvalue weighted by Crippen LogP contribution is 2.53. The van der Waals surface area contributed by atoms with E-state index >= 15 is 0 Å². The van der Waals surface area contributed by atoms with Crippen molar-refractivity contribution in [3.8, 4) is 0 Å². The van der Waals surface area contributed by atoms with Gasteiger partial charge in [-0.3, -0.25) is 0 Å². The highest BCUT2D eigenvalue weighted by atomic mass is 15.6. The summed E-state index contributed by atoms with van der Waals surface area (Å²) in [7, 11) is 0. The summed E-state index contributed by atoms with van der Waals surface area (Å²) >= 11 is 0. The fourth-order valence-electron chi connectivity index (χ4n) is 2.84. The summed E-state index contributed by atoms with van der Waals surface area (Å²) in [5.74, 6) is 0. The van der Waals surface area contributed by atoms with E-state index in [0.717, 1.165) is 12.1 Å². The molecular formula is C7H12N+. The summed E-state index contributed by atoms with van der Waals surface area (Å²) < 4.78 is 1.58.